The second kappa shape index (κ2) is 9.41. The number of allylic oxidation sites excluding steroid dienone is 6. The van der Waals surface area contributed by atoms with Crippen LogP contribution in [0.25, 0.3) is 0 Å². The van der Waals surface area contributed by atoms with Crippen LogP contribution in [-0.4, -0.2) is 36.6 Å². The molecule has 1 aliphatic heterocycles. The Labute approximate surface area is 175 Å². The van der Waals surface area contributed by atoms with Gasteiger partial charge in [0.25, 0.3) is 5.91 Å². The Bertz CT molecular complexity index is 873. The van der Waals surface area contributed by atoms with Crippen LogP contribution in [0.1, 0.15) is 42.3 Å². The average molecular weight is 392 g/mol. The fraction of sp³-hybridized carbons (Fsp3) is 0.423. The van der Waals surface area contributed by atoms with Crippen LogP contribution in [0.2, 0.25) is 0 Å². The van der Waals surface area contributed by atoms with Gasteiger partial charge in [-0.15, -0.1) is 0 Å². The molecule has 0 spiro atoms. The fourth-order valence-electron chi connectivity index (χ4n) is 3.96. The number of carbonyl (C=O) groups excluding carboxylic acids is 1. The fourth-order valence-corrected chi connectivity index (χ4v) is 3.96. The first kappa shape index (κ1) is 21.3. The summed E-state index contributed by atoms with van der Waals surface area (Å²) in [5.41, 5.74) is 5.42. The van der Waals surface area contributed by atoms with Crippen LogP contribution in [0.4, 0.5) is 0 Å². The van der Waals surface area contributed by atoms with Crippen molar-refractivity contribution in [2.45, 2.75) is 40.7 Å². The summed E-state index contributed by atoms with van der Waals surface area (Å²) in [6, 6.07) is 6.04. The van der Waals surface area contributed by atoms with Gasteiger partial charge in [0.1, 0.15) is 0 Å². The van der Waals surface area contributed by atoms with Gasteiger partial charge >= 0.3 is 0 Å². The highest BCUT2D eigenvalue weighted by Crippen LogP contribution is 2.28. The van der Waals surface area contributed by atoms with Gasteiger partial charge in [0.2, 0.25) is 0 Å². The first-order valence-corrected chi connectivity index (χ1v) is 10.6. The van der Waals surface area contributed by atoms with Crippen molar-refractivity contribution < 1.29 is 9.53 Å². The molecule has 2 aliphatic rings. The third-order valence-electron chi connectivity index (χ3n) is 5.59. The summed E-state index contributed by atoms with van der Waals surface area (Å²) in [6.07, 6.45) is 13.2. The Balaban J connectivity index is 1.82. The Hall–Kier alpha value is -2.39. The van der Waals surface area contributed by atoms with Gasteiger partial charge in [-0.1, -0.05) is 68.0 Å². The maximum absolute atomic E-state index is 13.2. The molecule has 1 aromatic carbocycles. The van der Waals surface area contributed by atoms with Gasteiger partial charge in [-0.25, -0.2) is 0 Å². The SMILES string of the molecule is C/C=C(\C=C/C(C)C)C1=CC2CN(C(=O)c3ccc(C)cc3C)CCOC2C=C1. The molecule has 0 N–H and O–H groups in total. The topological polar surface area (TPSA) is 29.5 Å². The van der Waals surface area contributed by atoms with Crippen LogP contribution < -0.4 is 0 Å². The molecule has 2 unspecified atom stereocenters. The van der Waals surface area contributed by atoms with Crippen molar-refractivity contribution in [1.82, 2.24) is 4.90 Å². The predicted octanol–water partition coefficient (Wildman–Crippen LogP) is 5.42. The predicted molar refractivity (Wildman–Crippen MR) is 120 cm³/mol. The highest BCUT2D eigenvalue weighted by Gasteiger charge is 2.30. The lowest BCUT2D eigenvalue weighted by atomic mass is 9.89. The second-order valence-corrected chi connectivity index (χ2v) is 8.40. The van der Waals surface area contributed by atoms with Gasteiger partial charge < -0.3 is 9.64 Å². The Morgan fingerprint density at radius 2 is 2.07 bits per heavy atom. The number of hydrogen-bond donors (Lipinski definition) is 0. The van der Waals surface area contributed by atoms with Crippen LogP contribution in [0, 0.1) is 25.7 Å². The Kier molecular flexibility index (Phi) is 6.92. The summed E-state index contributed by atoms with van der Waals surface area (Å²) in [5.74, 6) is 0.773. The molecule has 0 saturated carbocycles. The molecule has 1 aromatic rings. The zero-order valence-corrected chi connectivity index (χ0v) is 18.3. The number of nitrogens with zero attached hydrogens (tertiary/aromatic N) is 1. The minimum atomic E-state index is 0.0304. The third kappa shape index (κ3) is 5.16. The maximum Gasteiger partial charge on any atom is 0.254 e. The first-order chi connectivity index (χ1) is 13.9. The van der Waals surface area contributed by atoms with Crippen molar-refractivity contribution >= 4 is 5.91 Å². The van der Waals surface area contributed by atoms with Crippen molar-refractivity contribution in [3.63, 3.8) is 0 Å². The molecule has 1 saturated heterocycles. The van der Waals surface area contributed by atoms with Crippen molar-refractivity contribution in [3.8, 4) is 0 Å². The molecule has 1 aliphatic carbocycles. The Morgan fingerprint density at radius 1 is 1.28 bits per heavy atom. The van der Waals surface area contributed by atoms with E-state index in [4.69, 9.17) is 4.74 Å². The number of rotatable bonds is 4. The quantitative estimate of drug-likeness (QED) is 0.642. The van der Waals surface area contributed by atoms with E-state index in [9.17, 15) is 4.79 Å². The van der Waals surface area contributed by atoms with E-state index in [2.05, 4.69) is 70.2 Å². The molecule has 1 amide bonds. The molecule has 1 heterocycles. The summed E-state index contributed by atoms with van der Waals surface area (Å²) in [5, 5.41) is 0. The van der Waals surface area contributed by atoms with Crippen LogP contribution >= 0.6 is 0 Å². The van der Waals surface area contributed by atoms with Crippen molar-refractivity contribution in [2.24, 2.45) is 11.8 Å². The normalized spacial score (nSPS) is 22.6. The molecule has 3 rings (SSSR count). The molecular formula is C26H33NO2. The first-order valence-electron chi connectivity index (χ1n) is 10.6. The van der Waals surface area contributed by atoms with Gasteiger partial charge in [0.15, 0.2) is 0 Å². The second-order valence-electron chi connectivity index (χ2n) is 8.40. The number of fused-ring (bicyclic) bond motifs is 1. The van der Waals surface area contributed by atoms with Gasteiger partial charge in [-0.2, -0.15) is 0 Å². The summed E-state index contributed by atoms with van der Waals surface area (Å²) in [7, 11) is 0. The summed E-state index contributed by atoms with van der Waals surface area (Å²) in [6.45, 7) is 12.4. The zero-order chi connectivity index (χ0) is 21.0. The molecule has 0 radical (unpaired) electrons. The number of aryl methyl sites for hydroxylation is 2. The minimum Gasteiger partial charge on any atom is -0.372 e. The van der Waals surface area contributed by atoms with Crippen molar-refractivity contribution in [1.29, 1.82) is 0 Å². The van der Waals surface area contributed by atoms with Crippen molar-refractivity contribution in [3.05, 3.63) is 82.5 Å². The molecule has 154 valence electrons. The monoisotopic (exact) mass is 391 g/mol. The van der Waals surface area contributed by atoms with Gasteiger partial charge in [0.05, 0.1) is 12.7 Å². The smallest absolute Gasteiger partial charge is 0.254 e. The highest BCUT2D eigenvalue weighted by atomic mass is 16.5. The number of ether oxygens (including phenoxy) is 1. The van der Waals surface area contributed by atoms with Gasteiger partial charge in [-0.3, -0.25) is 4.79 Å². The largest absolute Gasteiger partial charge is 0.372 e. The maximum atomic E-state index is 13.2. The molecule has 0 bridgehead atoms. The van der Waals surface area contributed by atoms with E-state index >= 15 is 0 Å². The van der Waals surface area contributed by atoms with Gasteiger partial charge in [0, 0.05) is 24.6 Å². The Morgan fingerprint density at radius 3 is 2.76 bits per heavy atom. The van der Waals surface area contributed by atoms with E-state index in [1.54, 1.807) is 0 Å². The number of benzene rings is 1. The van der Waals surface area contributed by atoms with Gasteiger partial charge in [-0.05, 0) is 49.5 Å². The summed E-state index contributed by atoms with van der Waals surface area (Å²) >= 11 is 0. The molecule has 1 fully saturated rings. The van der Waals surface area contributed by atoms with Crippen LogP contribution in [-0.2, 0) is 4.74 Å². The third-order valence-corrected chi connectivity index (χ3v) is 5.59. The van der Waals surface area contributed by atoms with Crippen LogP contribution in [0.5, 0.6) is 0 Å². The van der Waals surface area contributed by atoms with E-state index in [1.165, 1.54) is 16.7 Å². The molecule has 3 nitrogen and oxygen atoms in total. The summed E-state index contributed by atoms with van der Waals surface area (Å²) < 4.78 is 6.07. The van der Waals surface area contributed by atoms with E-state index in [0.717, 1.165) is 11.1 Å². The molecular weight excluding hydrogens is 358 g/mol. The van der Waals surface area contributed by atoms with Crippen molar-refractivity contribution in [2.75, 3.05) is 19.7 Å². The number of amides is 1. The molecule has 3 heteroatoms. The molecule has 0 aromatic heterocycles. The average Bonchev–Trinajstić information content (AvgIpc) is 2.90. The lowest BCUT2D eigenvalue weighted by molar-refractivity contribution is 0.0699. The lowest BCUT2D eigenvalue weighted by Gasteiger charge is -2.27. The van der Waals surface area contributed by atoms with E-state index < -0.39 is 0 Å². The van der Waals surface area contributed by atoms with Crippen LogP contribution in [0.15, 0.2) is 65.8 Å². The van der Waals surface area contributed by atoms with E-state index in [1.807, 2.05) is 24.0 Å². The highest BCUT2D eigenvalue weighted by molar-refractivity contribution is 5.95. The number of hydrogen-bond acceptors (Lipinski definition) is 2. The van der Waals surface area contributed by atoms with Crippen LogP contribution in [0.3, 0.4) is 0 Å². The molecule has 29 heavy (non-hydrogen) atoms. The lowest BCUT2D eigenvalue weighted by Crippen LogP contribution is -2.37. The minimum absolute atomic E-state index is 0.0304. The van der Waals surface area contributed by atoms with E-state index in [0.29, 0.717) is 25.6 Å². The standard InChI is InChI=1S/C26H33NO2/c1-6-21(9-7-18(2)3)22-10-12-25-23(16-22)17-27(13-14-29-25)26(28)24-11-8-19(4)15-20(24)5/h6-12,15-16,18,23,25H,13-14,17H2,1-5H3/b9-7-,21-6+. The molecule has 2 atom stereocenters. The number of carbonyl (C=O) groups is 1. The summed E-state index contributed by atoms with van der Waals surface area (Å²) in [4.78, 5) is 15.2. The van der Waals surface area contributed by atoms with E-state index in [-0.39, 0.29) is 17.9 Å². The zero-order valence-electron chi connectivity index (χ0n) is 18.3.